The summed E-state index contributed by atoms with van der Waals surface area (Å²) in [4.78, 5) is 19.7. The van der Waals surface area contributed by atoms with E-state index in [1.807, 2.05) is 18.2 Å². The second kappa shape index (κ2) is 7.75. The number of benzene rings is 2. The number of amides is 1. The van der Waals surface area contributed by atoms with E-state index in [1.54, 1.807) is 11.0 Å². The predicted octanol–water partition coefficient (Wildman–Crippen LogP) is 2.91. The Morgan fingerprint density at radius 3 is 2.76 bits per heavy atom. The lowest BCUT2D eigenvalue weighted by Crippen LogP contribution is -2.38. The summed E-state index contributed by atoms with van der Waals surface area (Å²) in [5, 5.41) is 13.7. The van der Waals surface area contributed by atoms with Gasteiger partial charge in [-0.3, -0.25) is 4.79 Å². The minimum atomic E-state index is -0.340. The Morgan fingerprint density at radius 1 is 1.21 bits per heavy atom. The molecule has 1 unspecified atom stereocenters. The van der Waals surface area contributed by atoms with Crippen molar-refractivity contribution in [2.24, 2.45) is 5.16 Å². The number of likely N-dealkylation sites (tertiary alicyclic amines) is 1. The van der Waals surface area contributed by atoms with Crippen molar-refractivity contribution in [2.45, 2.75) is 26.3 Å². The molecule has 1 fully saturated rings. The number of ether oxygens (including phenoxy) is 2. The fourth-order valence-corrected chi connectivity index (χ4v) is 3.94. The van der Waals surface area contributed by atoms with Crippen LogP contribution in [0.3, 0.4) is 0 Å². The second-order valence-corrected chi connectivity index (χ2v) is 7.29. The highest BCUT2D eigenvalue weighted by molar-refractivity contribution is 6.03. The van der Waals surface area contributed by atoms with E-state index < -0.39 is 0 Å². The van der Waals surface area contributed by atoms with Gasteiger partial charge in [-0.05, 0) is 42.7 Å². The number of oxime groups is 1. The summed E-state index contributed by atoms with van der Waals surface area (Å²) in [5.74, 6) is 0.803. The van der Waals surface area contributed by atoms with E-state index in [-0.39, 0.29) is 25.3 Å². The van der Waals surface area contributed by atoms with Crippen LogP contribution in [0.2, 0.25) is 0 Å². The molecule has 1 saturated heterocycles. The molecule has 1 N–H and O–H groups in total. The maximum absolute atomic E-state index is 13.3. The van der Waals surface area contributed by atoms with Gasteiger partial charge in [0.05, 0.1) is 30.5 Å². The highest BCUT2D eigenvalue weighted by Crippen LogP contribution is 2.45. The minimum absolute atomic E-state index is 0.0668. The molecular formula is C22H24N2O5. The molecule has 1 atom stereocenters. The van der Waals surface area contributed by atoms with Crippen molar-refractivity contribution in [3.63, 3.8) is 0 Å². The van der Waals surface area contributed by atoms with Crippen LogP contribution in [-0.4, -0.2) is 54.7 Å². The van der Waals surface area contributed by atoms with Crippen molar-refractivity contribution < 1.29 is 24.2 Å². The summed E-state index contributed by atoms with van der Waals surface area (Å²) in [5.41, 5.74) is 5.43. The van der Waals surface area contributed by atoms with Crippen LogP contribution in [0.15, 0.2) is 35.5 Å². The first kappa shape index (κ1) is 19.3. The van der Waals surface area contributed by atoms with Crippen molar-refractivity contribution in [1.82, 2.24) is 4.90 Å². The SMILES string of the molecule is CO/N=C1/CC(CO)N(C(=O)c2ccc(-c3cccc(C)c3C)c3c2OCO3)C1. The second-order valence-electron chi connectivity index (χ2n) is 7.29. The van der Waals surface area contributed by atoms with E-state index in [2.05, 4.69) is 25.1 Å². The molecule has 0 radical (unpaired) electrons. The predicted molar refractivity (Wildman–Crippen MR) is 108 cm³/mol. The Morgan fingerprint density at radius 2 is 2.00 bits per heavy atom. The third-order valence-corrected chi connectivity index (χ3v) is 5.60. The topological polar surface area (TPSA) is 80.6 Å². The summed E-state index contributed by atoms with van der Waals surface area (Å²) >= 11 is 0. The van der Waals surface area contributed by atoms with Crippen molar-refractivity contribution >= 4 is 11.6 Å². The van der Waals surface area contributed by atoms with Crippen molar-refractivity contribution in [1.29, 1.82) is 0 Å². The summed E-state index contributed by atoms with van der Waals surface area (Å²) in [6, 6.07) is 9.44. The molecule has 2 aromatic rings. The van der Waals surface area contributed by atoms with Gasteiger partial charge >= 0.3 is 0 Å². The van der Waals surface area contributed by atoms with Crippen LogP contribution in [0.4, 0.5) is 0 Å². The molecule has 152 valence electrons. The van der Waals surface area contributed by atoms with Gasteiger partial charge < -0.3 is 24.3 Å². The highest BCUT2D eigenvalue weighted by Gasteiger charge is 2.36. The Balaban J connectivity index is 1.73. The number of nitrogens with zero attached hydrogens (tertiary/aromatic N) is 2. The molecule has 0 aliphatic carbocycles. The van der Waals surface area contributed by atoms with Crippen molar-refractivity contribution in [2.75, 3.05) is 27.1 Å². The zero-order valence-electron chi connectivity index (χ0n) is 16.8. The van der Waals surface area contributed by atoms with Crippen LogP contribution < -0.4 is 9.47 Å². The van der Waals surface area contributed by atoms with E-state index in [4.69, 9.17) is 14.3 Å². The maximum atomic E-state index is 13.3. The Hall–Kier alpha value is -3.06. The molecule has 7 nitrogen and oxygen atoms in total. The van der Waals surface area contributed by atoms with Crippen LogP contribution in [0, 0.1) is 13.8 Å². The van der Waals surface area contributed by atoms with Gasteiger partial charge in [0, 0.05) is 12.0 Å². The number of aryl methyl sites for hydroxylation is 1. The Bertz CT molecular complexity index is 985. The maximum Gasteiger partial charge on any atom is 0.258 e. The molecule has 4 rings (SSSR count). The number of rotatable bonds is 4. The molecule has 7 heteroatoms. The molecule has 0 bridgehead atoms. The van der Waals surface area contributed by atoms with Crippen molar-refractivity contribution in [3.8, 4) is 22.6 Å². The largest absolute Gasteiger partial charge is 0.453 e. The summed E-state index contributed by atoms with van der Waals surface area (Å²) in [7, 11) is 1.47. The zero-order chi connectivity index (χ0) is 20.5. The van der Waals surface area contributed by atoms with Gasteiger partial charge in [0.15, 0.2) is 11.5 Å². The number of carbonyl (C=O) groups excluding carboxylic acids is 1. The van der Waals surface area contributed by atoms with E-state index >= 15 is 0 Å². The van der Waals surface area contributed by atoms with Gasteiger partial charge in [0.25, 0.3) is 5.91 Å². The monoisotopic (exact) mass is 396 g/mol. The highest BCUT2D eigenvalue weighted by atomic mass is 16.7. The lowest BCUT2D eigenvalue weighted by molar-refractivity contribution is 0.0675. The van der Waals surface area contributed by atoms with E-state index in [1.165, 1.54) is 12.7 Å². The number of aliphatic hydroxyl groups excluding tert-OH is 1. The van der Waals surface area contributed by atoms with Gasteiger partial charge in [-0.15, -0.1) is 0 Å². The molecule has 2 heterocycles. The van der Waals surface area contributed by atoms with Gasteiger partial charge in [0.2, 0.25) is 6.79 Å². The lowest BCUT2D eigenvalue weighted by atomic mass is 9.95. The zero-order valence-corrected chi connectivity index (χ0v) is 16.8. The van der Waals surface area contributed by atoms with Crippen LogP contribution in [0.25, 0.3) is 11.1 Å². The normalized spacial score (nSPS) is 19.1. The third-order valence-electron chi connectivity index (χ3n) is 5.60. The number of fused-ring (bicyclic) bond motifs is 1. The summed E-state index contributed by atoms with van der Waals surface area (Å²) < 4.78 is 11.5. The van der Waals surface area contributed by atoms with Gasteiger partial charge in [-0.25, -0.2) is 0 Å². The van der Waals surface area contributed by atoms with E-state index in [9.17, 15) is 9.90 Å². The molecule has 1 amide bonds. The van der Waals surface area contributed by atoms with Crippen LogP contribution in [-0.2, 0) is 4.84 Å². The molecule has 2 aromatic carbocycles. The fraction of sp³-hybridized carbons (Fsp3) is 0.364. The van der Waals surface area contributed by atoms with E-state index in [0.29, 0.717) is 30.0 Å². The van der Waals surface area contributed by atoms with Crippen LogP contribution >= 0.6 is 0 Å². The fourth-order valence-electron chi connectivity index (χ4n) is 3.94. The number of hydrogen-bond acceptors (Lipinski definition) is 6. The molecular weight excluding hydrogens is 372 g/mol. The Labute approximate surface area is 169 Å². The van der Waals surface area contributed by atoms with Crippen LogP contribution in [0.5, 0.6) is 11.5 Å². The smallest absolute Gasteiger partial charge is 0.258 e. The first-order valence-corrected chi connectivity index (χ1v) is 9.55. The average Bonchev–Trinajstić information content (AvgIpc) is 3.36. The molecule has 2 aliphatic rings. The summed E-state index contributed by atoms with van der Waals surface area (Å²) in [6.45, 7) is 4.37. The third kappa shape index (κ3) is 3.31. The molecule has 29 heavy (non-hydrogen) atoms. The summed E-state index contributed by atoms with van der Waals surface area (Å²) in [6.07, 6.45) is 0.482. The number of aliphatic hydroxyl groups is 1. The molecule has 0 saturated carbocycles. The van der Waals surface area contributed by atoms with E-state index in [0.717, 1.165) is 22.4 Å². The molecule has 0 spiro atoms. The van der Waals surface area contributed by atoms with Crippen LogP contribution in [0.1, 0.15) is 27.9 Å². The number of hydrogen-bond donors (Lipinski definition) is 1. The average molecular weight is 396 g/mol. The van der Waals surface area contributed by atoms with Crippen molar-refractivity contribution in [3.05, 3.63) is 47.0 Å². The lowest BCUT2D eigenvalue weighted by Gasteiger charge is -2.23. The number of carbonyl (C=O) groups is 1. The first-order valence-electron chi connectivity index (χ1n) is 9.55. The van der Waals surface area contributed by atoms with Gasteiger partial charge in [-0.2, -0.15) is 0 Å². The molecule has 0 aromatic heterocycles. The molecule has 2 aliphatic heterocycles. The standard InChI is InChI=1S/C22H24N2O5/c1-13-5-4-6-17(14(13)2)18-7-8-19(21-20(18)28-12-29-21)22(26)24-10-15(23-27-3)9-16(24)11-25/h4-8,16,25H,9-12H2,1-3H3/b23-15-. The quantitative estimate of drug-likeness (QED) is 0.804. The Kier molecular flexibility index (Phi) is 5.15. The first-order chi connectivity index (χ1) is 14.0. The van der Waals surface area contributed by atoms with Gasteiger partial charge in [-0.1, -0.05) is 23.4 Å². The van der Waals surface area contributed by atoms with Gasteiger partial charge in [0.1, 0.15) is 7.11 Å². The minimum Gasteiger partial charge on any atom is -0.453 e.